The lowest BCUT2D eigenvalue weighted by molar-refractivity contribution is -0.123. The van der Waals surface area contributed by atoms with E-state index in [0.717, 1.165) is 5.56 Å². The van der Waals surface area contributed by atoms with Crippen molar-refractivity contribution in [3.05, 3.63) is 29.8 Å². The number of ether oxygens (including phenoxy) is 1. The fourth-order valence-electron chi connectivity index (χ4n) is 1.73. The first-order valence-corrected chi connectivity index (χ1v) is 7.17. The van der Waals surface area contributed by atoms with Crippen LogP contribution in [0.2, 0.25) is 0 Å². The highest BCUT2D eigenvalue weighted by Crippen LogP contribution is 2.16. The molecule has 0 heterocycles. The average Bonchev–Trinajstić information content (AvgIpc) is 2.36. The van der Waals surface area contributed by atoms with Crippen LogP contribution >= 0.6 is 0 Å². The monoisotopic (exact) mass is 308 g/mol. The number of amides is 2. The van der Waals surface area contributed by atoms with E-state index in [1.807, 2.05) is 6.92 Å². The highest BCUT2D eigenvalue weighted by molar-refractivity contribution is 5.85. The van der Waals surface area contributed by atoms with E-state index in [1.165, 1.54) is 0 Å². The highest BCUT2D eigenvalue weighted by atomic mass is 16.6. The highest BCUT2D eigenvalue weighted by Gasteiger charge is 2.22. The minimum Gasteiger partial charge on any atom is -0.508 e. The second-order valence-corrected chi connectivity index (χ2v) is 6.19. The van der Waals surface area contributed by atoms with Crippen molar-refractivity contribution in [2.45, 2.75) is 52.3 Å². The molecule has 3 N–H and O–H groups in total. The molecular weight excluding hydrogens is 284 g/mol. The molecule has 6 nitrogen and oxygen atoms in total. The minimum absolute atomic E-state index is 0.169. The molecule has 2 atom stereocenters. The number of aromatic hydroxyl groups is 1. The standard InChI is InChI=1S/C16H24N2O4/c1-10(12-6-8-13(19)9-7-12)17-14(20)11(2)18-15(21)22-16(3,4)5/h6-11,19H,1-5H3,(H,17,20)(H,18,21). The molecule has 122 valence electrons. The quantitative estimate of drug-likeness (QED) is 0.797. The fraction of sp³-hybridized carbons (Fsp3) is 0.500. The predicted molar refractivity (Wildman–Crippen MR) is 83.5 cm³/mol. The van der Waals surface area contributed by atoms with E-state index in [2.05, 4.69) is 10.6 Å². The largest absolute Gasteiger partial charge is 0.508 e. The lowest BCUT2D eigenvalue weighted by Gasteiger charge is -2.22. The molecule has 0 aliphatic heterocycles. The van der Waals surface area contributed by atoms with Gasteiger partial charge in [0.15, 0.2) is 0 Å². The molecule has 6 heteroatoms. The van der Waals surface area contributed by atoms with Crippen molar-refractivity contribution in [2.24, 2.45) is 0 Å². The second kappa shape index (κ2) is 7.15. The van der Waals surface area contributed by atoms with E-state index in [4.69, 9.17) is 4.74 Å². The Balaban J connectivity index is 2.53. The van der Waals surface area contributed by atoms with E-state index >= 15 is 0 Å². The van der Waals surface area contributed by atoms with Crippen LogP contribution in [0.3, 0.4) is 0 Å². The van der Waals surface area contributed by atoms with Crippen molar-refractivity contribution < 1.29 is 19.4 Å². The Morgan fingerprint density at radius 3 is 2.14 bits per heavy atom. The number of phenols is 1. The fourth-order valence-corrected chi connectivity index (χ4v) is 1.73. The van der Waals surface area contributed by atoms with Crippen molar-refractivity contribution >= 4 is 12.0 Å². The molecular formula is C16H24N2O4. The first-order valence-electron chi connectivity index (χ1n) is 7.17. The van der Waals surface area contributed by atoms with Gasteiger partial charge in [-0.25, -0.2) is 4.79 Å². The predicted octanol–water partition coefficient (Wildman–Crippen LogP) is 2.48. The van der Waals surface area contributed by atoms with Crippen LogP contribution in [0.25, 0.3) is 0 Å². The van der Waals surface area contributed by atoms with Crippen LogP contribution in [0, 0.1) is 0 Å². The first-order chi connectivity index (χ1) is 10.1. The summed E-state index contributed by atoms with van der Waals surface area (Å²) in [7, 11) is 0. The molecule has 0 spiro atoms. The van der Waals surface area contributed by atoms with E-state index in [1.54, 1.807) is 52.0 Å². The zero-order valence-corrected chi connectivity index (χ0v) is 13.6. The molecule has 0 saturated heterocycles. The number of carbonyl (C=O) groups excluding carboxylic acids is 2. The molecule has 0 saturated carbocycles. The van der Waals surface area contributed by atoms with E-state index < -0.39 is 17.7 Å². The van der Waals surface area contributed by atoms with Crippen LogP contribution < -0.4 is 10.6 Å². The molecule has 2 unspecified atom stereocenters. The number of carbonyl (C=O) groups is 2. The Morgan fingerprint density at radius 1 is 1.09 bits per heavy atom. The second-order valence-electron chi connectivity index (χ2n) is 6.19. The van der Waals surface area contributed by atoms with Crippen LogP contribution in [0.15, 0.2) is 24.3 Å². The van der Waals surface area contributed by atoms with Gasteiger partial charge in [-0.2, -0.15) is 0 Å². The molecule has 1 aromatic carbocycles. The third-order valence-electron chi connectivity index (χ3n) is 2.88. The van der Waals surface area contributed by atoms with Crippen LogP contribution in [-0.4, -0.2) is 28.7 Å². The molecule has 0 aliphatic carbocycles. The summed E-state index contributed by atoms with van der Waals surface area (Å²) in [6.07, 6.45) is -0.632. The Morgan fingerprint density at radius 2 is 1.64 bits per heavy atom. The maximum absolute atomic E-state index is 12.1. The maximum Gasteiger partial charge on any atom is 0.408 e. The Bertz CT molecular complexity index is 520. The van der Waals surface area contributed by atoms with Crippen molar-refractivity contribution in [1.82, 2.24) is 10.6 Å². The third-order valence-corrected chi connectivity index (χ3v) is 2.88. The Labute approximate surface area is 130 Å². The lowest BCUT2D eigenvalue weighted by atomic mass is 10.1. The Kier molecular flexibility index (Phi) is 5.79. The molecule has 0 aliphatic rings. The van der Waals surface area contributed by atoms with E-state index in [0.29, 0.717) is 0 Å². The Hall–Kier alpha value is -2.24. The molecule has 0 aromatic heterocycles. The van der Waals surface area contributed by atoms with Gasteiger partial charge in [-0.3, -0.25) is 4.79 Å². The lowest BCUT2D eigenvalue weighted by Crippen LogP contribution is -2.47. The van der Waals surface area contributed by atoms with Gasteiger partial charge in [0.1, 0.15) is 17.4 Å². The minimum atomic E-state index is -0.714. The number of alkyl carbamates (subject to hydrolysis) is 1. The van der Waals surface area contributed by atoms with Crippen LogP contribution in [0.4, 0.5) is 4.79 Å². The molecule has 22 heavy (non-hydrogen) atoms. The summed E-state index contributed by atoms with van der Waals surface area (Å²) in [6, 6.07) is 5.62. The molecule has 0 radical (unpaired) electrons. The van der Waals surface area contributed by atoms with E-state index in [-0.39, 0.29) is 17.7 Å². The van der Waals surface area contributed by atoms with Crippen LogP contribution in [-0.2, 0) is 9.53 Å². The van der Waals surface area contributed by atoms with Gasteiger partial charge in [-0.15, -0.1) is 0 Å². The van der Waals surface area contributed by atoms with Gasteiger partial charge in [0.2, 0.25) is 5.91 Å². The van der Waals surface area contributed by atoms with Crippen molar-refractivity contribution in [3.8, 4) is 5.75 Å². The van der Waals surface area contributed by atoms with Gasteiger partial charge in [-0.05, 0) is 52.3 Å². The van der Waals surface area contributed by atoms with Gasteiger partial charge in [-0.1, -0.05) is 12.1 Å². The summed E-state index contributed by atoms with van der Waals surface area (Å²) in [4.78, 5) is 23.7. The SMILES string of the molecule is CC(NC(=O)OC(C)(C)C)C(=O)NC(C)c1ccc(O)cc1. The average molecular weight is 308 g/mol. The van der Waals surface area contributed by atoms with Crippen molar-refractivity contribution in [1.29, 1.82) is 0 Å². The normalized spacial score (nSPS) is 13.9. The number of hydrogen-bond donors (Lipinski definition) is 3. The third kappa shape index (κ3) is 6.03. The van der Waals surface area contributed by atoms with Gasteiger partial charge in [0.25, 0.3) is 0 Å². The summed E-state index contributed by atoms with van der Waals surface area (Å²) >= 11 is 0. The summed E-state index contributed by atoms with van der Waals surface area (Å²) in [5, 5.41) is 14.5. The van der Waals surface area contributed by atoms with Gasteiger partial charge in [0.05, 0.1) is 6.04 Å². The number of nitrogens with one attached hydrogen (secondary N) is 2. The zero-order chi connectivity index (χ0) is 16.9. The molecule has 1 aromatic rings. The summed E-state index contributed by atoms with van der Waals surface area (Å²) in [6.45, 7) is 8.67. The summed E-state index contributed by atoms with van der Waals surface area (Å²) in [5.74, 6) is -0.145. The van der Waals surface area contributed by atoms with E-state index in [9.17, 15) is 14.7 Å². The maximum atomic E-state index is 12.1. The number of benzene rings is 1. The smallest absolute Gasteiger partial charge is 0.408 e. The number of phenolic OH excluding ortho intramolecular Hbond substituents is 1. The van der Waals surface area contributed by atoms with Crippen LogP contribution in [0.1, 0.15) is 46.2 Å². The molecule has 0 bridgehead atoms. The molecule has 2 amide bonds. The van der Waals surface area contributed by atoms with Crippen molar-refractivity contribution in [2.75, 3.05) is 0 Å². The van der Waals surface area contributed by atoms with Gasteiger partial charge >= 0.3 is 6.09 Å². The number of hydrogen-bond acceptors (Lipinski definition) is 4. The van der Waals surface area contributed by atoms with Crippen molar-refractivity contribution in [3.63, 3.8) is 0 Å². The van der Waals surface area contributed by atoms with Gasteiger partial charge < -0.3 is 20.5 Å². The summed E-state index contributed by atoms with van der Waals surface area (Å²) in [5.41, 5.74) is 0.246. The first kappa shape index (κ1) is 17.8. The topological polar surface area (TPSA) is 87.7 Å². The molecule has 0 fully saturated rings. The molecule has 1 rings (SSSR count). The zero-order valence-electron chi connectivity index (χ0n) is 13.6. The number of rotatable bonds is 4. The van der Waals surface area contributed by atoms with Gasteiger partial charge in [0, 0.05) is 0 Å². The summed E-state index contributed by atoms with van der Waals surface area (Å²) < 4.78 is 5.10. The van der Waals surface area contributed by atoms with Crippen LogP contribution in [0.5, 0.6) is 5.75 Å².